The summed E-state index contributed by atoms with van der Waals surface area (Å²) in [5.41, 5.74) is 1.08. The maximum atomic E-state index is 13.3. The molecule has 1 aromatic rings. The molecule has 0 saturated carbocycles. The van der Waals surface area contributed by atoms with Crippen LogP contribution in [-0.2, 0) is 9.59 Å². The van der Waals surface area contributed by atoms with Crippen molar-refractivity contribution in [1.82, 2.24) is 9.80 Å². The highest BCUT2D eigenvalue weighted by Gasteiger charge is 2.44. The molecule has 6 nitrogen and oxygen atoms in total. The lowest BCUT2D eigenvalue weighted by Gasteiger charge is -2.35. The number of benzene rings is 1. The molecule has 3 amide bonds. The Morgan fingerprint density at radius 3 is 2.54 bits per heavy atom. The number of rotatable bonds is 2. The molecule has 3 heterocycles. The Morgan fingerprint density at radius 1 is 1.04 bits per heavy atom. The molecule has 3 aliphatic heterocycles. The normalized spacial score (nSPS) is 24.2. The van der Waals surface area contributed by atoms with Crippen LogP contribution in [0.25, 0.3) is 0 Å². The SMILES string of the molecule is C[C@H](C(=O)N1CCCCC1)N1C(=O)[C@H]2CCCN2C(=O)c2ccccc21. The van der Waals surface area contributed by atoms with E-state index in [-0.39, 0.29) is 17.7 Å². The molecule has 4 rings (SSSR count). The minimum absolute atomic E-state index is 0.0215. The molecule has 0 N–H and O–H groups in total. The largest absolute Gasteiger partial charge is 0.341 e. The molecule has 138 valence electrons. The number of para-hydroxylation sites is 1. The number of fused-ring (bicyclic) bond motifs is 2. The van der Waals surface area contributed by atoms with Crippen molar-refractivity contribution in [3.8, 4) is 0 Å². The molecule has 6 heteroatoms. The summed E-state index contributed by atoms with van der Waals surface area (Å²) in [6, 6.07) is 6.12. The number of hydrogen-bond acceptors (Lipinski definition) is 3. The van der Waals surface area contributed by atoms with Crippen molar-refractivity contribution in [3.05, 3.63) is 29.8 Å². The average Bonchev–Trinajstić information content (AvgIpc) is 3.15. The second kappa shape index (κ2) is 6.74. The number of hydrogen-bond donors (Lipinski definition) is 0. The number of likely N-dealkylation sites (tertiary alicyclic amines) is 1. The lowest BCUT2D eigenvalue weighted by molar-refractivity contribution is -0.135. The predicted octanol–water partition coefficient (Wildman–Crippen LogP) is 2.04. The summed E-state index contributed by atoms with van der Waals surface area (Å²) in [6.45, 7) is 3.90. The summed E-state index contributed by atoms with van der Waals surface area (Å²) in [6.07, 6.45) is 4.66. The highest BCUT2D eigenvalue weighted by Crippen LogP contribution is 2.34. The third-order valence-corrected chi connectivity index (χ3v) is 5.84. The van der Waals surface area contributed by atoms with Gasteiger partial charge in [-0.1, -0.05) is 12.1 Å². The summed E-state index contributed by atoms with van der Waals surface area (Å²) < 4.78 is 0. The van der Waals surface area contributed by atoms with Gasteiger partial charge in [0, 0.05) is 19.6 Å². The number of carbonyl (C=O) groups is 3. The van der Waals surface area contributed by atoms with Crippen molar-refractivity contribution >= 4 is 23.4 Å². The summed E-state index contributed by atoms with van der Waals surface area (Å²) >= 11 is 0. The standard InChI is InChI=1S/C20H25N3O3/c1-14(18(24)21-11-5-2-6-12-21)23-16-9-4-3-8-15(16)19(25)22-13-7-10-17(22)20(23)26/h3-4,8-9,14,17H,2,5-7,10-13H2,1H3/t14-,17-/m1/s1. The van der Waals surface area contributed by atoms with Gasteiger partial charge in [-0.05, 0) is 51.2 Å². The van der Waals surface area contributed by atoms with E-state index in [9.17, 15) is 14.4 Å². The van der Waals surface area contributed by atoms with Gasteiger partial charge >= 0.3 is 0 Å². The Morgan fingerprint density at radius 2 is 1.77 bits per heavy atom. The fourth-order valence-corrected chi connectivity index (χ4v) is 4.45. The highest BCUT2D eigenvalue weighted by atomic mass is 16.2. The molecule has 26 heavy (non-hydrogen) atoms. The number of anilines is 1. The maximum Gasteiger partial charge on any atom is 0.256 e. The van der Waals surface area contributed by atoms with Gasteiger partial charge in [-0.15, -0.1) is 0 Å². The van der Waals surface area contributed by atoms with Gasteiger partial charge in [0.2, 0.25) is 5.91 Å². The van der Waals surface area contributed by atoms with Crippen LogP contribution >= 0.6 is 0 Å². The molecule has 2 atom stereocenters. The van der Waals surface area contributed by atoms with Crippen molar-refractivity contribution < 1.29 is 14.4 Å². The lowest BCUT2D eigenvalue weighted by atomic mass is 10.1. The van der Waals surface area contributed by atoms with E-state index >= 15 is 0 Å². The van der Waals surface area contributed by atoms with Gasteiger partial charge in [0.15, 0.2) is 0 Å². The van der Waals surface area contributed by atoms with Crippen LogP contribution in [0, 0.1) is 0 Å². The summed E-state index contributed by atoms with van der Waals surface area (Å²) in [4.78, 5) is 44.5. The number of piperidine rings is 1. The molecule has 0 aromatic heterocycles. The zero-order chi connectivity index (χ0) is 18.3. The smallest absolute Gasteiger partial charge is 0.256 e. The first-order valence-electron chi connectivity index (χ1n) is 9.61. The predicted molar refractivity (Wildman–Crippen MR) is 97.9 cm³/mol. The maximum absolute atomic E-state index is 13.3. The monoisotopic (exact) mass is 355 g/mol. The lowest BCUT2D eigenvalue weighted by Crippen LogP contribution is -2.54. The van der Waals surface area contributed by atoms with Gasteiger partial charge in [-0.3, -0.25) is 19.3 Å². The van der Waals surface area contributed by atoms with E-state index in [0.29, 0.717) is 24.2 Å². The van der Waals surface area contributed by atoms with Crippen LogP contribution in [0.3, 0.4) is 0 Å². The quantitative estimate of drug-likeness (QED) is 0.816. The van der Waals surface area contributed by atoms with Crippen molar-refractivity contribution in [2.75, 3.05) is 24.5 Å². The molecular formula is C20H25N3O3. The first-order valence-corrected chi connectivity index (χ1v) is 9.61. The molecule has 0 unspecified atom stereocenters. The molecular weight excluding hydrogens is 330 g/mol. The van der Waals surface area contributed by atoms with Crippen LogP contribution in [0.15, 0.2) is 24.3 Å². The second-order valence-electron chi connectivity index (χ2n) is 7.44. The van der Waals surface area contributed by atoms with E-state index in [1.54, 1.807) is 28.9 Å². The number of carbonyl (C=O) groups excluding carboxylic acids is 3. The molecule has 0 radical (unpaired) electrons. The first-order chi connectivity index (χ1) is 12.6. The summed E-state index contributed by atoms with van der Waals surface area (Å²) in [5.74, 6) is -0.248. The Bertz CT molecular complexity index is 742. The third-order valence-electron chi connectivity index (χ3n) is 5.84. The molecule has 1 aromatic carbocycles. The van der Waals surface area contributed by atoms with Crippen LogP contribution in [0.5, 0.6) is 0 Å². The van der Waals surface area contributed by atoms with Crippen molar-refractivity contribution in [3.63, 3.8) is 0 Å². The molecule has 2 saturated heterocycles. The fourth-order valence-electron chi connectivity index (χ4n) is 4.45. The molecule has 0 bridgehead atoms. The molecule has 2 fully saturated rings. The minimum atomic E-state index is -0.602. The number of nitrogens with zero attached hydrogens (tertiary/aromatic N) is 3. The topological polar surface area (TPSA) is 60.9 Å². The van der Waals surface area contributed by atoms with Gasteiger partial charge in [-0.2, -0.15) is 0 Å². The Balaban J connectivity index is 1.73. The van der Waals surface area contributed by atoms with Crippen LogP contribution in [0.4, 0.5) is 5.69 Å². The molecule has 3 aliphatic rings. The van der Waals surface area contributed by atoms with E-state index in [1.165, 1.54) is 0 Å². The van der Waals surface area contributed by atoms with Crippen LogP contribution in [0.2, 0.25) is 0 Å². The first kappa shape index (κ1) is 17.1. The Hall–Kier alpha value is -2.37. The molecule has 0 spiro atoms. The summed E-state index contributed by atoms with van der Waals surface area (Å²) in [5, 5.41) is 0. The zero-order valence-corrected chi connectivity index (χ0v) is 15.2. The van der Waals surface area contributed by atoms with Crippen molar-refractivity contribution in [2.45, 2.75) is 51.1 Å². The van der Waals surface area contributed by atoms with Crippen molar-refractivity contribution in [1.29, 1.82) is 0 Å². The second-order valence-corrected chi connectivity index (χ2v) is 7.44. The van der Waals surface area contributed by atoms with Gasteiger partial charge in [0.05, 0.1) is 11.3 Å². The fraction of sp³-hybridized carbons (Fsp3) is 0.550. The van der Waals surface area contributed by atoms with Gasteiger partial charge in [0.1, 0.15) is 12.1 Å². The van der Waals surface area contributed by atoms with Gasteiger partial charge in [-0.25, -0.2) is 0 Å². The van der Waals surface area contributed by atoms with E-state index < -0.39 is 12.1 Å². The zero-order valence-electron chi connectivity index (χ0n) is 15.2. The van der Waals surface area contributed by atoms with E-state index in [4.69, 9.17) is 0 Å². The van der Waals surface area contributed by atoms with E-state index in [1.807, 2.05) is 17.0 Å². The van der Waals surface area contributed by atoms with E-state index in [0.717, 1.165) is 38.8 Å². The third kappa shape index (κ3) is 2.68. The van der Waals surface area contributed by atoms with Gasteiger partial charge in [0.25, 0.3) is 11.8 Å². The summed E-state index contributed by atoms with van der Waals surface area (Å²) in [7, 11) is 0. The highest BCUT2D eigenvalue weighted by molar-refractivity contribution is 6.13. The van der Waals surface area contributed by atoms with Crippen molar-refractivity contribution in [2.24, 2.45) is 0 Å². The van der Waals surface area contributed by atoms with Gasteiger partial charge < -0.3 is 9.80 Å². The Kier molecular flexibility index (Phi) is 4.42. The van der Waals surface area contributed by atoms with Crippen LogP contribution < -0.4 is 4.90 Å². The Labute approximate surface area is 153 Å². The van der Waals surface area contributed by atoms with E-state index in [2.05, 4.69) is 0 Å². The molecule has 0 aliphatic carbocycles. The number of amides is 3. The average molecular weight is 355 g/mol. The van der Waals surface area contributed by atoms with Crippen LogP contribution in [-0.4, -0.2) is 59.2 Å². The van der Waals surface area contributed by atoms with Crippen LogP contribution in [0.1, 0.15) is 49.4 Å². The minimum Gasteiger partial charge on any atom is -0.341 e.